The van der Waals surface area contributed by atoms with E-state index in [1.165, 1.54) is 18.4 Å². The van der Waals surface area contributed by atoms with Gasteiger partial charge in [-0.25, -0.2) is 8.60 Å². The Labute approximate surface area is 150 Å². The van der Waals surface area contributed by atoms with E-state index in [1.807, 2.05) is 0 Å². The molecule has 1 heterocycles. The van der Waals surface area contributed by atoms with Gasteiger partial charge in [-0.3, -0.25) is 0 Å². The van der Waals surface area contributed by atoms with Crippen molar-refractivity contribution in [3.63, 3.8) is 0 Å². The summed E-state index contributed by atoms with van der Waals surface area (Å²) in [6.07, 6.45) is 1.54. The van der Waals surface area contributed by atoms with E-state index in [0.29, 0.717) is 23.0 Å². The van der Waals surface area contributed by atoms with Crippen LogP contribution in [0.15, 0.2) is 51.4 Å². The molecule has 2 aromatic carbocycles. The van der Waals surface area contributed by atoms with Gasteiger partial charge in [-0.05, 0) is 42.0 Å². The molecule has 25 heavy (non-hydrogen) atoms. The molecule has 0 amide bonds. The fraction of sp³-hybridized carbons (Fsp3) is 0.176. The molecule has 0 saturated heterocycles. The third-order valence-electron chi connectivity index (χ3n) is 3.37. The minimum absolute atomic E-state index is 0.0376. The standard InChI is InChI=1S/C17H15ClFN3O2S/c1-11-20-17(21-24-11)13-4-6-14(7-5-13)22-25(2,23)10-12-3-8-15(18)16(19)9-12/h3-9H,10H2,1-2H3. The molecule has 0 radical (unpaired) electrons. The molecule has 0 fully saturated rings. The lowest BCUT2D eigenvalue weighted by Gasteiger charge is -2.06. The molecule has 3 rings (SSSR count). The second-order valence-corrected chi connectivity index (χ2v) is 8.42. The van der Waals surface area contributed by atoms with Gasteiger partial charge in [-0.1, -0.05) is 22.8 Å². The summed E-state index contributed by atoms with van der Waals surface area (Å²) in [5.74, 6) is 0.565. The van der Waals surface area contributed by atoms with Crippen molar-refractivity contribution in [1.82, 2.24) is 10.1 Å². The first-order valence-corrected chi connectivity index (χ1v) is 9.84. The third-order valence-corrected chi connectivity index (χ3v) is 5.14. The second kappa shape index (κ2) is 6.93. The smallest absolute Gasteiger partial charge is 0.223 e. The highest BCUT2D eigenvalue weighted by Crippen LogP contribution is 2.23. The molecule has 0 aliphatic rings. The summed E-state index contributed by atoms with van der Waals surface area (Å²) in [6.45, 7) is 1.71. The fourth-order valence-corrected chi connectivity index (χ4v) is 3.83. The van der Waals surface area contributed by atoms with Gasteiger partial charge in [0.1, 0.15) is 5.82 Å². The Hall–Kier alpha value is -2.25. The van der Waals surface area contributed by atoms with Gasteiger partial charge >= 0.3 is 0 Å². The van der Waals surface area contributed by atoms with E-state index in [0.717, 1.165) is 5.56 Å². The Morgan fingerprint density at radius 2 is 1.96 bits per heavy atom. The Morgan fingerprint density at radius 3 is 2.56 bits per heavy atom. The van der Waals surface area contributed by atoms with Crippen LogP contribution in [0.5, 0.6) is 0 Å². The lowest BCUT2D eigenvalue weighted by atomic mass is 10.2. The molecule has 1 aromatic heterocycles. The number of nitrogens with zero attached hydrogens (tertiary/aromatic N) is 3. The molecule has 0 bridgehead atoms. The van der Waals surface area contributed by atoms with Crippen molar-refractivity contribution in [1.29, 1.82) is 0 Å². The molecule has 5 nitrogen and oxygen atoms in total. The van der Waals surface area contributed by atoms with Crippen molar-refractivity contribution in [3.8, 4) is 11.4 Å². The fourth-order valence-electron chi connectivity index (χ4n) is 2.28. The number of rotatable bonds is 4. The van der Waals surface area contributed by atoms with Crippen LogP contribution in [0.2, 0.25) is 5.02 Å². The average molecular weight is 380 g/mol. The maximum Gasteiger partial charge on any atom is 0.223 e. The van der Waals surface area contributed by atoms with Gasteiger partial charge in [0.25, 0.3) is 0 Å². The molecule has 0 spiro atoms. The molecule has 3 aromatic rings. The molecule has 1 unspecified atom stereocenters. The van der Waals surface area contributed by atoms with Gasteiger partial charge in [0.2, 0.25) is 11.7 Å². The van der Waals surface area contributed by atoms with Crippen LogP contribution in [-0.2, 0) is 15.5 Å². The predicted molar refractivity (Wildman–Crippen MR) is 95.7 cm³/mol. The van der Waals surface area contributed by atoms with Gasteiger partial charge in [0, 0.05) is 18.7 Å². The molecular formula is C17H15ClFN3O2S. The second-order valence-electron chi connectivity index (χ2n) is 5.63. The largest absolute Gasteiger partial charge is 0.339 e. The van der Waals surface area contributed by atoms with Crippen LogP contribution in [0.4, 0.5) is 10.1 Å². The van der Waals surface area contributed by atoms with Gasteiger partial charge in [0.05, 0.1) is 26.2 Å². The van der Waals surface area contributed by atoms with Gasteiger partial charge in [-0.15, -0.1) is 0 Å². The van der Waals surface area contributed by atoms with E-state index in [9.17, 15) is 8.60 Å². The summed E-state index contributed by atoms with van der Waals surface area (Å²) in [5.41, 5.74) is 1.92. The maximum atomic E-state index is 13.5. The molecule has 0 N–H and O–H groups in total. The summed E-state index contributed by atoms with van der Waals surface area (Å²) in [6, 6.07) is 11.4. The number of hydrogen-bond donors (Lipinski definition) is 0. The van der Waals surface area contributed by atoms with Crippen LogP contribution in [-0.4, -0.2) is 20.6 Å². The topological polar surface area (TPSA) is 68.3 Å². The van der Waals surface area contributed by atoms with Crippen molar-refractivity contribution in [2.24, 2.45) is 4.36 Å². The quantitative estimate of drug-likeness (QED) is 0.655. The average Bonchev–Trinajstić information content (AvgIpc) is 2.97. The summed E-state index contributed by atoms with van der Waals surface area (Å²) in [5, 5.41) is 3.88. The van der Waals surface area contributed by atoms with Crippen LogP contribution in [0.1, 0.15) is 11.5 Å². The monoisotopic (exact) mass is 379 g/mol. The summed E-state index contributed by atoms with van der Waals surface area (Å²) >= 11 is 5.66. The van der Waals surface area contributed by atoms with Gasteiger partial charge < -0.3 is 4.52 Å². The highest BCUT2D eigenvalue weighted by Gasteiger charge is 2.09. The maximum absolute atomic E-state index is 13.5. The lowest BCUT2D eigenvalue weighted by Crippen LogP contribution is -2.01. The molecule has 8 heteroatoms. The van der Waals surface area contributed by atoms with E-state index in [4.69, 9.17) is 16.1 Å². The normalized spacial score (nSPS) is 13.4. The minimum Gasteiger partial charge on any atom is -0.339 e. The first-order chi connectivity index (χ1) is 11.8. The van der Waals surface area contributed by atoms with E-state index < -0.39 is 15.5 Å². The summed E-state index contributed by atoms with van der Waals surface area (Å²) < 4.78 is 35.5. The van der Waals surface area contributed by atoms with Crippen molar-refractivity contribution < 1.29 is 13.1 Å². The van der Waals surface area contributed by atoms with Crippen molar-refractivity contribution in [2.75, 3.05) is 6.26 Å². The van der Waals surface area contributed by atoms with Crippen molar-refractivity contribution in [3.05, 3.63) is 64.8 Å². The Morgan fingerprint density at radius 1 is 1.24 bits per heavy atom. The lowest BCUT2D eigenvalue weighted by molar-refractivity contribution is 0.394. The van der Waals surface area contributed by atoms with Crippen LogP contribution in [0.3, 0.4) is 0 Å². The first-order valence-electron chi connectivity index (χ1n) is 7.37. The van der Waals surface area contributed by atoms with Crippen molar-refractivity contribution in [2.45, 2.75) is 12.7 Å². The van der Waals surface area contributed by atoms with Crippen LogP contribution in [0.25, 0.3) is 11.4 Å². The molecule has 1 atom stereocenters. The van der Waals surface area contributed by atoms with E-state index in [1.54, 1.807) is 37.3 Å². The first kappa shape index (κ1) is 17.6. The zero-order valence-electron chi connectivity index (χ0n) is 13.6. The molecule has 0 aliphatic carbocycles. The molecule has 0 saturated carbocycles. The van der Waals surface area contributed by atoms with Gasteiger partial charge in [0.15, 0.2) is 0 Å². The predicted octanol–water partition coefficient (Wildman–Crippen LogP) is 4.77. The number of benzene rings is 2. The summed E-state index contributed by atoms with van der Waals surface area (Å²) in [7, 11) is -2.58. The zero-order valence-corrected chi connectivity index (χ0v) is 15.1. The van der Waals surface area contributed by atoms with E-state index in [-0.39, 0.29) is 10.8 Å². The number of hydrogen-bond acceptors (Lipinski definition) is 5. The third kappa shape index (κ3) is 4.43. The van der Waals surface area contributed by atoms with Crippen LogP contribution >= 0.6 is 11.6 Å². The van der Waals surface area contributed by atoms with E-state index in [2.05, 4.69) is 14.5 Å². The Balaban J connectivity index is 1.82. The minimum atomic E-state index is -2.58. The molecular weight excluding hydrogens is 365 g/mol. The van der Waals surface area contributed by atoms with Crippen LogP contribution < -0.4 is 0 Å². The molecule has 0 aliphatic heterocycles. The van der Waals surface area contributed by atoms with Gasteiger partial charge in [-0.2, -0.15) is 9.35 Å². The number of aryl methyl sites for hydroxylation is 1. The Bertz CT molecular complexity index is 1020. The SMILES string of the molecule is Cc1nc(-c2ccc(N=S(C)(=O)Cc3ccc(Cl)c(F)c3)cc2)no1. The number of aromatic nitrogens is 2. The Kier molecular flexibility index (Phi) is 4.87. The summed E-state index contributed by atoms with van der Waals surface area (Å²) in [4.78, 5) is 4.15. The van der Waals surface area contributed by atoms with E-state index >= 15 is 0 Å². The highest BCUT2D eigenvalue weighted by atomic mass is 35.5. The van der Waals surface area contributed by atoms with Crippen LogP contribution in [0, 0.1) is 12.7 Å². The highest BCUT2D eigenvalue weighted by molar-refractivity contribution is 7.92. The number of halogens is 2. The van der Waals surface area contributed by atoms with Crippen molar-refractivity contribution >= 4 is 27.0 Å². The zero-order chi connectivity index (χ0) is 18.0. The molecule has 130 valence electrons.